The maximum Gasteiger partial charge on any atom is 0.351 e. The van der Waals surface area contributed by atoms with Crippen molar-refractivity contribution in [3.63, 3.8) is 0 Å². The Hall–Kier alpha value is -2.43. The topological polar surface area (TPSA) is 84.6 Å². The number of para-hydroxylation sites is 1. The van der Waals surface area contributed by atoms with Gasteiger partial charge < -0.3 is 9.52 Å². The Kier molecular flexibility index (Phi) is 2.28. The second kappa shape index (κ2) is 3.62. The van der Waals surface area contributed by atoms with Gasteiger partial charge in [-0.3, -0.25) is 9.59 Å². The summed E-state index contributed by atoms with van der Waals surface area (Å²) in [6, 6.07) is 6.18. The van der Waals surface area contributed by atoms with E-state index in [1.165, 1.54) is 12.1 Å². The molecule has 0 fully saturated rings. The fourth-order valence-electron chi connectivity index (χ4n) is 1.41. The van der Waals surface area contributed by atoms with Crippen LogP contribution in [0.2, 0.25) is 0 Å². The zero-order valence-electron chi connectivity index (χ0n) is 7.97. The van der Waals surface area contributed by atoms with Crippen molar-refractivity contribution in [1.29, 1.82) is 0 Å². The molecular formula is C11H6O5. The fraction of sp³-hybridized carbons (Fsp3) is 0. The molecule has 0 aliphatic heterocycles. The molecule has 0 amide bonds. The van der Waals surface area contributed by atoms with E-state index in [0.717, 1.165) is 0 Å². The summed E-state index contributed by atoms with van der Waals surface area (Å²) in [5, 5.41) is 9.91. The van der Waals surface area contributed by atoms with Crippen molar-refractivity contribution in [2.45, 2.75) is 0 Å². The number of hydrogen-bond acceptors (Lipinski definition) is 5. The first-order valence-corrected chi connectivity index (χ1v) is 4.39. The zero-order valence-corrected chi connectivity index (χ0v) is 7.97. The summed E-state index contributed by atoms with van der Waals surface area (Å²) in [5.74, 6) is -1.62. The monoisotopic (exact) mass is 218 g/mol. The van der Waals surface area contributed by atoms with Gasteiger partial charge in [-0.05, 0) is 12.1 Å². The molecule has 1 N–H and O–H groups in total. The highest BCUT2D eigenvalue weighted by atomic mass is 16.4. The van der Waals surface area contributed by atoms with E-state index >= 15 is 0 Å². The normalized spacial score (nSPS) is 10.2. The van der Waals surface area contributed by atoms with Gasteiger partial charge in [0, 0.05) is 0 Å². The minimum atomic E-state index is -1.10. The van der Waals surface area contributed by atoms with Gasteiger partial charge in [0.25, 0.3) is 0 Å². The number of benzene rings is 1. The Labute approximate surface area is 88.9 Å². The molecule has 1 aromatic carbocycles. The quantitative estimate of drug-likeness (QED) is 0.350. The first-order valence-electron chi connectivity index (χ1n) is 4.39. The van der Waals surface area contributed by atoms with Crippen molar-refractivity contribution >= 4 is 23.0 Å². The van der Waals surface area contributed by atoms with Gasteiger partial charge in [0.1, 0.15) is 11.3 Å². The van der Waals surface area contributed by atoms with Gasteiger partial charge in [-0.25, -0.2) is 4.79 Å². The molecule has 80 valence electrons. The molecule has 2 aromatic rings. The van der Waals surface area contributed by atoms with Gasteiger partial charge in [-0.2, -0.15) is 0 Å². The number of fused-ring (bicyclic) bond motifs is 1. The van der Waals surface area contributed by atoms with E-state index in [0.29, 0.717) is 0 Å². The van der Waals surface area contributed by atoms with Gasteiger partial charge in [0.15, 0.2) is 11.8 Å². The minimum Gasteiger partial charge on any atom is -0.506 e. The lowest BCUT2D eigenvalue weighted by Crippen LogP contribution is -2.15. The van der Waals surface area contributed by atoms with Crippen LogP contribution in [0.25, 0.3) is 11.0 Å². The summed E-state index contributed by atoms with van der Waals surface area (Å²) < 4.78 is 4.80. The number of ketones is 1. The highest BCUT2D eigenvalue weighted by Gasteiger charge is 2.19. The van der Waals surface area contributed by atoms with Crippen molar-refractivity contribution in [2.24, 2.45) is 0 Å². The van der Waals surface area contributed by atoms with Crippen LogP contribution >= 0.6 is 0 Å². The van der Waals surface area contributed by atoms with E-state index in [1.54, 1.807) is 12.1 Å². The lowest BCUT2D eigenvalue weighted by atomic mass is 10.1. The number of rotatable bonds is 2. The number of carbonyl (C=O) groups is 2. The number of hydrogen-bond donors (Lipinski definition) is 1. The van der Waals surface area contributed by atoms with E-state index < -0.39 is 22.7 Å². The van der Waals surface area contributed by atoms with Crippen LogP contribution in [0.3, 0.4) is 0 Å². The largest absolute Gasteiger partial charge is 0.506 e. The summed E-state index contributed by atoms with van der Waals surface area (Å²) in [4.78, 5) is 32.8. The molecular weight excluding hydrogens is 212 g/mol. The van der Waals surface area contributed by atoms with E-state index in [1.807, 2.05) is 0 Å². The van der Waals surface area contributed by atoms with Crippen LogP contribution in [0.1, 0.15) is 10.4 Å². The average Bonchev–Trinajstić information content (AvgIpc) is 2.28. The van der Waals surface area contributed by atoms with Crippen LogP contribution in [0.15, 0.2) is 33.5 Å². The van der Waals surface area contributed by atoms with Crippen LogP contribution in [-0.2, 0) is 4.79 Å². The molecule has 0 spiro atoms. The fourth-order valence-corrected chi connectivity index (χ4v) is 1.41. The molecule has 0 aliphatic rings. The van der Waals surface area contributed by atoms with Gasteiger partial charge >= 0.3 is 5.63 Å². The SMILES string of the molecule is O=CC(=O)c1c(O)c2ccccc2oc1=O. The van der Waals surface area contributed by atoms with Crippen LogP contribution in [0.4, 0.5) is 0 Å². The third-order valence-corrected chi connectivity index (χ3v) is 2.14. The summed E-state index contributed by atoms with van der Waals surface area (Å²) in [6.45, 7) is 0. The molecule has 0 radical (unpaired) electrons. The molecule has 1 aromatic heterocycles. The van der Waals surface area contributed by atoms with E-state index in [-0.39, 0.29) is 17.3 Å². The Morgan fingerprint density at radius 2 is 2.00 bits per heavy atom. The molecule has 16 heavy (non-hydrogen) atoms. The van der Waals surface area contributed by atoms with Crippen molar-refractivity contribution in [2.75, 3.05) is 0 Å². The smallest absolute Gasteiger partial charge is 0.351 e. The Morgan fingerprint density at radius 1 is 1.31 bits per heavy atom. The Balaban J connectivity index is 2.91. The number of aldehydes is 1. The molecule has 0 bridgehead atoms. The third-order valence-electron chi connectivity index (χ3n) is 2.14. The molecule has 5 nitrogen and oxygen atoms in total. The molecule has 0 saturated carbocycles. The highest BCUT2D eigenvalue weighted by molar-refractivity contribution is 6.34. The maximum absolute atomic E-state index is 11.3. The number of aromatic hydroxyl groups is 1. The highest BCUT2D eigenvalue weighted by Crippen LogP contribution is 2.25. The van der Waals surface area contributed by atoms with E-state index in [9.17, 15) is 19.5 Å². The van der Waals surface area contributed by atoms with Crippen LogP contribution in [0.5, 0.6) is 5.75 Å². The first-order chi connectivity index (χ1) is 7.65. The van der Waals surface area contributed by atoms with Crippen molar-refractivity contribution in [1.82, 2.24) is 0 Å². The standard InChI is InChI=1S/C11H6O5/c12-5-7(13)9-10(14)6-3-1-2-4-8(6)16-11(9)15/h1-5,14H. The van der Waals surface area contributed by atoms with Gasteiger partial charge in [-0.15, -0.1) is 0 Å². The summed E-state index contributed by atoms with van der Waals surface area (Å²) >= 11 is 0. The van der Waals surface area contributed by atoms with Gasteiger partial charge in [0.05, 0.1) is 5.39 Å². The zero-order chi connectivity index (χ0) is 11.7. The summed E-state index contributed by atoms with van der Waals surface area (Å²) in [7, 11) is 0. The number of Topliss-reactive ketones (excluding diaryl/α,β-unsaturated/α-hetero) is 1. The Morgan fingerprint density at radius 3 is 2.69 bits per heavy atom. The predicted molar refractivity (Wildman–Crippen MR) is 54.5 cm³/mol. The lowest BCUT2D eigenvalue weighted by Gasteiger charge is -2.02. The predicted octanol–water partition coefficient (Wildman–Crippen LogP) is 0.880. The molecule has 2 rings (SSSR count). The van der Waals surface area contributed by atoms with Crippen molar-refractivity contribution in [3.8, 4) is 5.75 Å². The van der Waals surface area contributed by atoms with Crippen LogP contribution in [-0.4, -0.2) is 17.2 Å². The van der Waals surface area contributed by atoms with E-state index in [4.69, 9.17) is 4.42 Å². The Bertz CT molecular complexity index is 638. The summed E-state index contributed by atoms with van der Waals surface area (Å²) in [6.07, 6.45) is -0.0409. The van der Waals surface area contributed by atoms with Crippen LogP contribution < -0.4 is 5.63 Å². The summed E-state index contributed by atoms with van der Waals surface area (Å²) in [5.41, 5.74) is -1.49. The second-order valence-electron chi connectivity index (χ2n) is 3.09. The maximum atomic E-state index is 11.3. The molecule has 0 unspecified atom stereocenters. The molecule has 5 heteroatoms. The van der Waals surface area contributed by atoms with Crippen molar-refractivity contribution in [3.05, 3.63) is 40.2 Å². The third kappa shape index (κ3) is 1.38. The minimum absolute atomic E-state index is 0.0409. The molecule has 1 heterocycles. The van der Waals surface area contributed by atoms with Gasteiger partial charge in [0.2, 0.25) is 5.78 Å². The second-order valence-corrected chi connectivity index (χ2v) is 3.09. The number of carbonyl (C=O) groups excluding carboxylic acids is 2. The molecule has 0 aliphatic carbocycles. The first kappa shape index (κ1) is 10.1. The van der Waals surface area contributed by atoms with Crippen LogP contribution in [0, 0.1) is 0 Å². The van der Waals surface area contributed by atoms with Gasteiger partial charge in [-0.1, -0.05) is 12.1 Å². The molecule has 0 saturated heterocycles. The van der Waals surface area contributed by atoms with Crippen molar-refractivity contribution < 1.29 is 19.1 Å². The average molecular weight is 218 g/mol. The van der Waals surface area contributed by atoms with E-state index in [2.05, 4.69) is 0 Å². The molecule has 0 atom stereocenters. The lowest BCUT2D eigenvalue weighted by molar-refractivity contribution is -0.104.